The lowest BCUT2D eigenvalue weighted by Gasteiger charge is -2.38. The van der Waals surface area contributed by atoms with Gasteiger partial charge in [0.2, 0.25) is 15.9 Å². The lowest BCUT2D eigenvalue weighted by molar-refractivity contribution is -0.124. The van der Waals surface area contributed by atoms with Crippen LogP contribution in [-0.4, -0.2) is 49.5 Å². The molecule has 2 aliphatic rings. The van der Waals surface area contributed by atoms with Crippen molar-refractivity contribution >= 4 is 33.8 Å². The van der Waals surface area contributed by atoms with Crippen LogP contribution in [0.25, 0.3) is 12.2 Å². The maximum absolute atomic E-state index is 14.1. The molecule has 11 heteroatoms. The van der Waals surface area contributed by atoms with E-state index in [0.717, 1.165) is 29.8 Å². The number of aryl methyl sites for hydroxylation is 2. The van der Waals surface area contributed by atoms with Crippen molar-refractivity contribution < 1.29 is 31.3 Å². The van der Waals surface area contributed by atoms with E-state index >= 15 is 0 Å². The van der Waals surface area contributed by atoms with E-state index in [0.29, 0.717) is 25.1 Å². The number of ether oxygens (including phenoxy) is 1. The molecule has 1 aromatic heterocycles. The molecule has 3 heterocycles. The van der Waals surface area contributed by atoms with E-state index in [-0.39, 0.29) is 52.9 Å². The Balaban J connectivity index is 1.32. The van der Waals surface area contributed by atoms with E-state index in [4.69, 9.17) is 9.26 Å². The summed E-state index contributed by atoms with van der Waals surface area (Å²) < 4.78 is 67.2. The molecule has 2 aliphatic heterocycles. The summed E-state index contributed by atoms with van der Waals surface area (Å²) in [4.78, 5) is 15.3. The van der Waals surface area contributed by atoms with Crippen LogP contribution in [0, 0.1) is 31.4 Å². The molecule has 0 aliphatic carbocycles. The second-order valence-corrected chi connectivity index (χ2v) is 12.1. The van der Waals surface area contributed by atoms with Gasteiger partial charge in [-0.2, -0.15) is 4.31 Å². The van der Waals surface area contributed by atoms with Crippen LogP contribution in [0.15, 0.2) is 45.8 Å². The maximum Gasteiger partial charge on any atom is 0.248 e. The van der Waals surface area contributed by atoms with Gasteiger partial charge in [-0.15, -0.1) is 0 Å². The summed E-state index contributed by atoms with van der Waals surface area (Å²) >= 11 is 0. The second kappa shape index (κ2) is 11.1. The molecule has 0 spiro atoms. The van der Waals surface area contributed by atoms with Crippen molar-refractivity contribution in [1.82, 2.24) is 9.46 Å². The first-order chi connectivity index (χ1) is 19.1. The molecule has 40 heavy (non-hydrogen) atoms. The van der Waals surface area contributed by atoms with Gasteiger partial charge in [-0.25, -0.2) is 17.2 Å². The fourth-order valence-corrected chi connectivity index (χ4v) is 6.89. The Labute approximate surface area is 232 Å². The number of hydrogen-bond donors (Lipinski definition) is 0. The topological polar surface area (TPSA) is 93.0 Å². The number of sulfonamides is 1. The minimum Gasteiger partial charge on any atom is -0.486 e. The third-order valence-electron chi connectivity index (χ3n) is 7.42. The number of nitrogens with zero attached hydrogens (tertiary/aromatic N) is 3. The quantitative estimate of drug-likeness (QED) is 0.396. The van der Waals surface area contributed by atoms with Crippen molar-refractivity contribution in [3.05, 3.63) is 70.6 Å². The normalized spacial score (nSPS) is 18.6. The highest BCUT2D eigenvalue weighted by Crippen LogP contribution is 2.37. The lowest BCUT2D eigenvalue weighted by Crippen LogP contribution is -2.49. The van der Waals surface area contributed by atoms with Crippen molar-refractivity contribution in [2.75, 3.05) is 24.5 Å². The minimum atomic E-state index is -4.02. The highest BCUT2D eigenvalue weighted by Gasteiger charge is 2.39. The SMILES string of the molecule is CCC1CN(C(=O)C2CCN(S(=O)(=O)c3c(C)noc3/C=C/c3ccc(F)cc3F)CC2)c2cc(C)ccc2O1. The average molecular weight is 572 g/mol. The number of halogens is 2. The number of aromatic nitrogens is 1. The van der Waals surface area contributed by atoms with Gasteiger partial charge in [0.1, 0.15) is 29.2 Å². The Kier molecular flexibility index (Phi) is 7.78. The Bertz CT molecular complexity index is 1560. The van der Waals surface area contributed by atoms with E-state index in [1.54, 1.807) is 4.90 Å². The van der Waals surface area contributed by atoms with Crippen LogP contribution in [-0.2, 0) is 14.8 Å². The number of fused-ring (bicyclic) bond motifs is 1. The van der Waals surface area contributed by atoms with Crippen molar-refractivity contribution in [2.24, 2.45) is 5.92 Å². The van der Waals surface area contributed by atoms with Gasteiger partial charge in [-0.05, 0) is 75.1 Å². The second-order valence-electron chi connectivity index (χ2n) is 10.2. The van der Waals surface area contributed by atoms with Crippen LogP contribution in [0.5, 0.6) is 5.75 Å². The Hall–Kier alpha value is -3.57. The van der Waals surface area contributed by atoms with Gasteiger partial charge in [0.15, 0.2) is 10.7 Å². The van der Waals surface area contributed by atoms with Crippen molar-refractivity contribution in [2.45, 2.75) is 51.0 Å². The van der Waals surface area contributed by atoms with Gasteiger partial charge < -0.3 is 14.2 Å². The van der Waals surface area contributed by atoms with E-state index in [1.165, 1.54) is 29.4 Å². The van der Waals surface area contributed by atoms with E-state index < -0.39 is 21.7 Å². The summed E-state index contributed by atoms with van der Waals surface area (Å²) in [5.41, 5.74) is 2.01. The lowest BCUT2D eigenvalue weighted by atomic mass is 9.95. The molecule has 0 N–H and O–H groups in total. The first-order valence-electron chi connectivity index (χ1n) is 13.3. The molecule has 1 unspecified atom stereocenters. The van der Waals surface area contributed by atoms with Gasteiger partial charge >= 0.3 is 0 Å². The molecule has 3 aromatic rings. The van der Waals surface area contributed by atoms with Crippen LogP contribution in [0.1, 0.15) is 48.8 Å². The van der Waals surface area contributed by atoms with Gasteiger partial charge in [-0.3, -0.25) is 4.79 Å². The number of benzene rings is 2. The van der Waals surface area contributed by atoms with Crippen molar-refractivity contribution in [3.8, 4) is 5.75 Å². The molecule has 1 atom stereocenters. The molecule has 0 radical (unpaired) electrons. The highest BCUT2D eigenvalue weighted by atomic mass is 32.2. The molecule has 1 fully saturated rings. The third kappa shape index (κ3) is 5.40. The number of carbonyl (C=O) groups excluding carboxylic acids is 1. The van der Waals surface area contributed by atoms with Gasteiger partial charge in [-0.1, -0.05) is 18.1 Å². The fourth-order valence-electron chi connectivity index (χ4n) is 5.17. The summed E-state index contributed by atoms with van der Waals surface area (Å²) in [5, 5.41) is 3.82. The van der Waals surface area contributed by atoms with Gasteiger partial charge in [0, 0.05) is 30.6 Å². The van der Waals surface area contributed by atoms with Gasteiger partial charge in [0.25, 0.3) is 0 Å². The smallest absolute Gasteiger partial charge is 0.248 e. The number of piperidine rings is 1. The first-order valence-corrected chi connectivity index (χ1v) is 14.7. The zero-order valence-electron chi connectivity index (χ0n) is 22.6. The van der Waals surface area contributed by atoms with Crippen LogP contribution < -0.4 is 9.64 Å². The third-order valence-corrected chi connectivity index (χ3v) is 9.48. The van der Waals surface area contributed by atoms with Gasteiger partial charge in [0.05, 0.1) is 12.2 Å². The van der Waals surface area contributed by atoms with E-state index in [1.807, 2.05) is 32.0 Å². The minimum absolute atomic E-state index is 0.0308. The molecule has 8 nitrogen and oxygen atoms in total. The number of carbonyl (C=O) groups is 1. The predicted molar refractivity (Wildman–Crippen MR) is 146 cm³/mol. The monoisotopic (exact) mass is 571 g/mol. The zero-order valence-corrected chi connectivity index (χ0v) is 23.4. The average Bonchev–Trinajstić information content (AvgIpc) is 3.32. The molecule has 2 aromatic carbocycles. The van der Waals surface area contributed by atoms with Crippen LogP contribution in [0.2, 0.25) is 0 Å². The maximum atomic E-state index is 14.1. The number of amides is 1. The molecule has 212 valence electrons. The van der Waals surface area contributed by atoms with E-state index in [9.17, 15) is 22.0 Å². The summed E-state index contributed by atoms with van der Waals surface area (Å²) in [6.45, 7) is 6.26. The van der Waals surface area contributed by atoms with Crippen molar-refractivity contribution in [3.63, 3.8) is 0 Å². The molecule has 1 saturated heterocycles. The first kappa shape index (κ1) is 28.0. The highest BCUT2D eigenvalue weighted by molar-refractivity contribution is 7.89. The van der Waals surface area contributed by atoms with Crippen LogP contribution in [0.4, 0.5) is 14.5 Å². The molecule has 1 amide bonds. The van der Waals surface area contributed by atoms with Crippen LogP contribution in [0.3, 0.4) is 0 Å². The summed E-state index contributed by atoms with van der Waals surface area (Å²) in [7, 11) is -4.02. The number of anilines is 1. The molecular formula is C29H31F2N3O5S. The standard InChI is InChI=1S/C29H31F2N3O5S/c1-4-23-17-34(25-15-18(2)5-9-26(25)38-23)29(35)21-11-13-33(14-12-21)40(36,37)28-19(3)32-39-27(28)10-7-20-6-8-22(30)16-24(20)31/h5-10,15-16,21,23H,4,11-14,17H2,1-3H3/b10-7+. The molecule has 0 saturated carbocycles. The Morgan fingerprint density at radius 3 is 2.55 bits per heavy atom. The summed E-state index contributed by atoms with van der Waals surface area (Å²) in [6.07, 6.45) is 4.00. The largest absolute Gasteiger partial charge is 0.486 e. The fraction of sp³-hybridized carbons (Fsp3) is 0.379. The summed E-state index contributed by atoms with van der Waals surface area (Å²) in [6, 6.07) is 8.89. The zero-order chi connectivity index (χ0) is 28.6. The van der Waals surface area contributed by atoms with E-state index in [2.05, 4.69) is 5.16 Å². The molecule has 0 bridgehead atoms. The number of rotatable bonds is 6. The predicted octanol–water partition coefficient (Wildman–Crippen LogP) is 5.34. The molecule has 5 rings (SSSR count). The number of hydrogen-bond acceptors (Lipinski definition) is 6. The molecular weight excluding hydrogens is 540 g/mol. The van der Waals surface area contributed by atoms with Crippen LogP contribution >= 0.6 is 0 Å². The van der Waals surface area contributed by atoms with Crippen molar-refractivity contribution in [1.29, 1.82) is 0 Å². The Morgan fingerprint density at radius 1 is 1.10 bits per heavy atom. The Morgan fingerprint density at radius 2 is 1.85 bits per heavy atom. The summed E-state index contributed by atoms with van der Waals surface area (Å²) in [5.74, 6) is -1.23.